The number of aromatic nitrogens is 1. The standard InChI is InChI=1S/C16H28N2O/c1-11-10-18-14(12(2)15(11)19-7)8-13(17-6)9-16(3,4)5/h10,13,17H,8-9H2,1-7H3. The average molecular weight is 264 g/mol. The van der Waals surface area contributed by atoms with Crippen LogP contribution < -0.4 is 10.1 Å². The second-order valence-electron chi connectivity index (χ2n) is 6.50. The fourth-order valence-corrected chi connectivity index (χ4v) is 2.53. The number of rotatable bonds is 5. The largest absolute Gasteiger partial charge is 0.496 e. The van der Waals surface area contributed by atoms with E-state index in [9.17, 15) is 0 Å². The third-order valence-corrected chi connectivity index (χ3v) is 3.46. The summed E-state index contributed by atoms with van der Waals surface area (Å²) in [5.74, 6) is 0.968. The van der Waals surface area contributed by atoms with Crippen molar-refractivity contribution >= 4 is 0 Å². The van der Waals surface area contributed by atoms with E-state index in [-0.39, 0.29) is 0 Å². The number of nitrogens with zero attached hydrogens (tertiary/aromatic N) is 1. The number of pyridine rings is 1. The predicted octanol–water partition coefficient (Wildman–Crippen LogP) is 3.27. The van der Waals surface area contributed by atoms with Gasteiger partial charge in [0.05, 0.1) is 7.11 Å². The molecule has 0 saturated carbocycles. The summed E-state index contributed by atoms with van der Waals surface area (Å²) in [6.45, 7) is 10.9. The van der Waals surface area contributed by atoms with Crippen LogP contribution in [0.2, 0.25) is 0 Å². The molecule has 0 aliphatic carbocycles. The van der Waals surface area contributed by atoms with Crippen molar-refractivity contribution in [1.82, 2.24) is 10.3 Å². The zero-order valence-corrected chi connectivity index (χ0v) is 13.4. The highest BCUT2D eigenvalue weighted by Crippen LogP contribution is 2.27. The van der Waals surface area contributed by atoms with Gasteiger partial charge in [-0.2, -0.15) is 0 Å². The first-order valence-electron chi connectivity index (χ1n) is 6.95. The molecule has 19 heavy (non-hydrogen) atoms. The third-order valence-electron chi connectivity index (χ3n) is 3.46. The van der Waals surface area contributed by atoms with Crippen LogP contribution in [0.25, 0.3) is 0 Å². The van der Waals surface area contributed by atoms with Crippen LogP contribution >= 0.6 is 0 Å². The molecule has 1 unspecified atom stereocenters. The van der Waals surface area contributed by atoms with Crippen molar-refractivity contribution in [2.75, 3.05) is 14.2 Å². The van der Waals surface area contributed by atoms with Gasteiger partial charge in [0.15, 0.2) is 0 Å². The molecule has 1 aromatic heterocycles. The summed E-state index contributed by atoms with van der Waals surface area (Å²) in [5, 5.41) is 3.41. The lowest BCUT2D eigenvalue weighted by molar-refractivity contribution is 0.314. The van der Waals surface area contributed by atoms with Gasteiger partial charge in [-0.25, -0.2) is 0 Å². The van der Waals surface area contributed by atoms with Gasteiger partial charge in [-0.15, -0.1) is 0 Å². The second-order valence-corrected chi connectivity index (χ2v) is 6.50. The van der Waals surface area contributed by atoms with Crippen LogP contribution in [0.1, 0.15) is 44.0 Å². The Morgan fingerprint density at radius 3 is 2.42 bits per heavy atom. The van der Waals surface area contributed by atoms with Gasteiger partial charge in [0, 0.05) is 35.5 Å². The second kappa shape index (κ2) is 6.38. The summed E-state index contributed by atoms with van der Waals surface area (Å²) in [6, 6.07) is 0.443. The van der Waals surface area contributed by atoms with Gasteiger partial charge >= 0.3 is 0 Å². The Kier molecular flexibility index (Phi) is 5.36. The minimum Gasteiger partial charge on any atom is -0.496 e. The lowest BCUT2D eigenvalue weighted by Gasteiger charge is -2.26. The zero-order valence-electron chi connectivity index (χ0n) is 13.4. The molecule has 0 spiro atoms. The highest BCUT2D eigenvalue weighted by Gasteiger charge is 2.20. The molecule has 1 N–H and O–H groups in total. The van der Waals surface area contributed by atoms with Crippen molar-refractivity contribution in [1.29, 1.82) is 0 Å². The van der Waals surface area contributed by atoms with Crippen LogP contribution in [0.4, 0.5) is 0 Å². The molecule has 0 aliphatic rings. The molecule has 1 rings (SSSR count). The van der Waals surface area contributed by atoms with E-state index in [1.54, 1.807) is 7.11 Å². The molecule has 108 valence electrons. The van der Waals surface area contributed by atoms with E-state index < -0.39 is 0 Å². The number of hydrogen-bond acceptors (Lipinski definition) is 3. The van der Waals surface area contributed by atoms with Crippen LogP contribution in [0, 0.1) is 19.3 Å². The molecule has 1 atom stereocenters. The quantitative estimate of drug-likeness (QED) is 0.886. The minimum absolute atomic E-state index is 0.316. The van der Waals surface area contributed by atoms with Gasteiger partial charge in [-0.3, -0.25) is 4.98 Å². The van der Waals surface area contributed by atoms with Crippen LogP contribution in [-0.4, -0.2) is 25.2 Å². The summed E-state index contributed by atoms with van der Waals surface area (Å²) in [7, 11) is 3.75. The molecule has 0 aliphatic heterocycles. The molecular weight excluding hydrogens is 236 g/mol. The van der Waals surface area contributed by atoms with E-state index in [1.807, 2.05) is 20.2 Å². The monoisotopic (exact) mass is 264 g/mol. The van der Waals surface area contributed by atoms with Crippen LogP contribution in [0.5, 0.6) is 5.75 Å². The molecule has 1 aromatic rings. The first-order valence-corrected chi connectivity index (χ1v) is 6.95. The highest BCUT2D eigenvalue weighted by molar-refractivity contribution is 5.41. The summed E-state index contributed by atoms with van der Waals surface area (Å²) >= 11 is 0. The molecule has 0 fully saturated rings. The number of nitrogens with one attached hydrogen (secondary N) is 1. The number of hydrogen-bond donors (Lipinski definition) is 1. The maximum absolute atomic E-state index is 5.47. The van der Waals surface area contributed by atoms with Crippen molar-refractivity contribution in [3.63, 3.8) is 0 Å². The smallest absolute Gasteiger partial charge is 0.128 e. The predicted molar refractivity (Wildman–Crippen MR) is 80.9 cm³/mol. The molecule has 1 heterocycles. The summed E-state index contributed by atoms with van der Waals surface area (Å²) in [6.07, 6.45) is 3.97. The summed E-state index contributed by atoms with van der Waals surface area (Å²) < 4.78 is 5.47. The SMILES string of the molecule is CNC(Cc1ncc(C)c(OC)c1C)CC(C)(C)C. The number of methoxy groups -OCH3 is 1. The van der Waals surface area contributed by atoms with Gasteiger partial charge < -0.3 is 10.1 Å². The Hall–Kier alpha value is -1.09. The fraction of sp³-hybridized carbons (Fsp3) is 0.688. The van der Waals surface area contributed by atoms with Crippen molar-refractivity contribution < 1.29 is 4.74 Å². The lowest BCUT2D eigenvalue weighted by atomic mass is 9.86. The highest BCUT2D eigenvalue weighted by atomic mass is 16.5. The number of likely N-dealkylation sites (N-methyl/N-ethyl adjacent to an activating group) is 1. The van der Waals surface area contributed by atoms with Gasteiger partial charge in [0.25, 0.3) is 0 Å². The summed E-state index contributed by atoms with van der Waals surface area (Å²) in [4.78, 5) is 4.58. The lowest BCUT2D eigenvalue weighted by Crippen LogP contribution is -2.32. The van der Waals surface area contributed by atoms with Crippen molar-refractivity contribution in [3.05, 3.63) is 23.0 Å². The molecule has 0 amide bonds. The molecular formula is C16H28N2O. The van der Waals surface area contributed by atoms with E-state index >= 15 is 0 Å². The van der Waals surface area contributed by atoms with Crippen molar-refractivity contribution in [2.24, 2.45) is 5.41 Å². The van der Waals surface area contributed by atoms with E-state index in [0.717, 1.165) is 35.4 Å². The number of aryl methyl sites for hydroxylation is 1. The van der Waals surface area contributed by atoms with Gasteiger partial charge in [-0.05, 0) is 32.7 Å². The van der Waals surface area contributed by atoms with Crippen LogP contribution in [0.3, 0.4) is 0 Å². The van der Waals surface area contributed by atoms with Crippen LogP contribution in [-0.2, 0) is 6.42 Å². The maximum Gasteiger partial charge on any atom is 0.128 e. The average Bonchev–Trinajstić information content (AvgIpc) is 2.30. The first-order chi connectivity index (χ1) is 8.78. The first kappa shape index (κ1) is 16.0. The molecule has 0 bridgehead atoms. The molecule has 3 nitrogen and oxygen atoms in total. The normalized spacial score (nSPS) is 13.4. The van der Waals surface area contributed by atoms with E-state index in [2.05, 4.69) is 38.0 Å². The topological polar surface area (TPSA) is 34.2 Å². The van der Waals surface area contributed by atoms with Crippen molar-refractivity contribution in [3.8, 4) is 5.75 Å². The van der Waals surface area contributed by atoms with E-state index in [4.69, 9.17) is 4.74 Å². The van der Waals surface area contributed by atoms with Crippen LogP contribution in [0.15, 0.2) is 6.20 Å². The van der Waals surface area contributed by atoms with E-state index in [1.165, 1.54) is 0 Å². The molecule has 0 saturated heterocycles. The Bertz CT molecular complexity index is 421. The Morgan fingerprint density at radius 2 is 1.95 bits per heavy atom. The van der Waals surface area contributed by atoms with Crippen molar-refractivity contribution in [2.45, 2.75) is 53.5 Å². The Labute approximate surface area is 117 Å². The number of ether oxygens (including phenoxy) is 1. The fourth-order valence-electron chi connectivity index (χ4n) is 2.53. The molecule has 0 radical (unpaired) electrons. The zero-order chi connectivity index (χ0) is 14.6. The maximum atomic E-state index is 5.47. The molecule has 0 aromatic carbocycles. The van der Waals surface area contributed by atoms with E-state index in [0.29, 0.717) is 11.5 Å². The molecule has 3 heteroatoms. The van der Waals surface area contributed by atoms with Gasteiger partial charge in [0.2, 0.25) is 0 Å². The van der Waals surface area contributed by atoms with Gasteiger partial charge in [0.1, 0.15) is 5.75 Å². The summed E-state index contributed by atoms with van der Waals surface area (Å²) in [5.41, 5.74) is 3.71. The third kappa shape index (κ3) is 4.50. The Morgan fingerprint density at radius 1 is 1.32 bits per heavy atom. The minimum atomic E-state index is 0.316. The van der Waals surface area contributed by atoms with Gasteiger partial charge in [-0.1, -0.05) is 20.8 Å². The Balaban J connectivity index is 2.92.